The van der Waals surface area contributed by atoms with Crippen molar-refractivity contribution < 1.29 is 13.2 Å². The molecule has 0 aromatic heterocycles. The molecule has 2 rings (SSSR count). The van der Waals surface area contributed by atoms with Gasteiger partial charge in [0, 0.05) is 17.6 Å². The lowest BCUT2D eigenvalue weighted by Crippen LogP contribution is -2.26. The van der Waals surface area contributed by atoms with Gasteiger partial charge in [-0.2, -0.15) is 13.2 Å². The third-order valence-electron chi connectivity index (χ3n) is 3.28. The summed E-state index contributed by atoms with van der Waals surface area (Å²) in [5.74, 6) is 0. The highest BCUT2D eigenvalue weighted by atomic mass is 35.5. The van der Waals surface area contributed by atoms with Crippen LogP contribution in [0.2, 0.25) is 5.02 Å². The van der Waals surface area contributed by atoms with Crippen LogP contribution >= 0.6 is 11.6 Å². The van der Waals surface area contributed by atoms with Gasteiger partial charge in [0.2, 0.25) is 0 Å². The first-order chi connectivity index (χ1) is 8.86. The third kappa shape index (κ3) is 3.74. The quantitative estimate of drug-likeness (QED) is 0.805. The van der Waals surface area contributed by atoms with Crippen molar-refractivity contribution in [3.63, 3.8) is 0 Å². The van der Waals surface area contributed by atoms with Gasteiger partial charge >= 0.3 is 6.18 Å². The second kappa shape index (κ2) is 5.55. The average molecular weight is 290 g/mol. The van der Waals surface area contributed by atoms with Crippen LogP contribution in [-0.2, 0) is 12.7 Å². The minimum absolute atomic E-state index is 0.157. The summed E-state index contributed by atoms with van der Waals surface area (Å²) in [6.45, 7) is 2.57. The molecule has 0 saturated carbocycles. The monoisotopic (exact) mass is 289 g/mol. The van der Waals surface area contributed by atoms with Gasteiger partial charge in [-0.05, 0) is 37.5 Å². The van der Waals surface area contributed by atoms with E-state index >= 15 is 0 Å². The molecule has 0 radical (unpaired) electrons. The van der Waals surface area contributed by atoms with E-state index in [1.807, 2.05) is 0 Å². The summed E-state index contributed by atoms with van der Waals surface area (Å²) < 4.78 is 37.5. The van der Waals surface area contributed by atoms with Crippen molar-refractivity contribution >= 4 is 11.6 Å². The van der Waals surface area contributed by atoms with Crippen LogP contribution in [0.4, 0.5) is 13.2 Å². The predicted molar refractivity (Wildman–Crippen MR) is 70.1 cm³/mol. The Hall–Kier alpha value is -1.00. The fraction of sp³-hybridized carbons (Fsp3) is 0.429. The minimum Gasteiger partial charge on any atom is -0.309 e. The molecule has 5 heteroatoms. The molecule has 0 amide bonds. The number of benzene rings is 1. The third-order valence-corrected chi connectivity index (χ3v) is 3.63. The molecule has 0 heterocycles. The normalized spacial score (nSPS) is 19.6. The molecule has 0 aliphatic heterocycles. The molecule has 1 aromatic carbocycles. The van der Waals surface area contributed by atoms with Gasteiger partial charge < -0.3 is 5.32 Å². The fourth-order valence-corrected chi connectivity index (χ4v) is 2.42. The Bertz CT molecular complexity index is 494. The second-order valence-electron chi connectivity index (χ2n) is 4.87. The largest absolute Gasteiger partial charge is 0.416 e. The number of hydrogen-bond acceptors (Lipinski definition) is 1. The van der Waals surface area contributed by atoms with E-state index in [1.54, 1.807) is 0 Å². The van der Waals surface area contributed by atoms with E-state index in [9.17, 15) is 13.2 Å². The highest BCUT2D eigenvalue weighted by molar-refractivity contribution is 6.31. The molecule has 19 heavy (non-hydrogen) atoms. The standard InChI is InChI=1S/C14H15ClF3N/c1-9-2-5-12(6-9)19-8-10-3-4-11(7-13(10)15)14(16,17)18/h2-4,7,12,19H,5-6,8H2,1H3. The van der Waals surface area contributed by atoms with Crippen molar-refractivity contribution in [2.75, 3.05) is 0 Å². The Kier molecular flexibility index (Phi) is 4.21. The summed E-state index contributed by atoms with van der Waals surface area (Å²) in [4.78, 5) is 0. The predicted octanol–water partition coefficient (Wildman–Crippen LogP) is 4.56. The Morgan fingerprint density at radius 3 is 2.63 bits per heavy atom. The Morgan fingerprint density at radius 1 is 1.37 bits per heavy atom. The van der Waals surface area contributed by atoms with Crippen molar-refractivity contribution in [3.8, 4) is 0 Å². The summed E-state index contributed by atoms with van der Waals surface area (Å²) in [5, 5.41) is 3.47. The zero-order chi connectivity index (χ0) is 14.0. The van der Waals surface area contributed by atoms with Gasteiger partial charge in [0.25, 0.3) is 0 Å². The van der Waals surface area contributed by atoms with Crippen molar-refractivity contribution in [3.05, 3.63) is 46.0 Å². The minimum atomic E-state index is -4.35. The van der Waals surface area contributed by atoms with Crippen LogP contribution in [-0.4, -0.2) is 6.04 Å². The lowest BCUT2D eigenvalue weighted by Gasteiger charge is -2.14. The van der Waals surface area contributed by atoms with Crippen LogP contribution in [0, 0.1) is 0 Å². The van der Waals surface area contributed by atoms with Gasteiger partial charge in [-0.3, -0.25) is 0 Å². The molecule has 1 aliphatic carbocycles. The molecular formula is C14H15ClF3N. The van der Waals surface area contributed by atoms with Gasteiger partial charge in [0.05, 0.1) is 5.56 Å². The maximum Gasteiger partial charge on any atom is 0.416 e. The molecule has 1 aromatic rings. The molecule has 0 fully saturated rings. The lowest BCUT2D eigenvalue weighted by molar-refractivity contribution is -0.137. The number of nitrogens with one attached hydrogen (secondary N) is 1. The van der Waals surface area contributed by atoms with Crippen LogP contribution in [0.1, 0.15) is 30.9 Å². The average Bonchev–Trinajstić information content (AvgIpc) is 2.72. The van der Waals surface area contributed by atoms with E-state index in [4.69, 9.17) is 11.6 Å². The Morgan fingerprint density at radius 2 is 2.11 bits per heavy atom. The van der Waals surface area contributed by atoms with Gasteiger partial charge in [-0.15, -0.1) is 0 Å². The zero-order valence-electron chi connectivity index (χ0n) is 10.5. The smallest absolute Gasteiger partial charge is 0.309 e. The zero-order valence-corrected chi connectivity index (χ0v) is 11.3. The maximum atomic E-state index is 12.5. The van der Waals surface area contributed by atoms with Crippen LogP contribution in [0.5, 0.6) is 0 Å². The van der Waals surface area contributed by atoms with Crippen molar-refractivity contribution in [1.29, 1.82) is 0 Å². The highest BCUT2D eigenvalue weighted by Crippen LogP contribution is 2.32. The van der Waals surface area contributed by atoms with E-state index in [2.05, 4.69) is 18.3 Å². The second-order valence-corrected chi connectivity index (χ2v) is 5.28. The molecule has 1 nitrogen and oxygen atoms in total. The van der Waals surface area contributed by atoms with Crippen molar-refractivity contribution in [2.24, 2.45) is 0 Å². The first-order valence-electron chi connectivity index (χ1n) is 6.11. The van der Waals surface area contributed by atoms with Crippen molar-refractivity contribution in [1.82, 2.24) is 5.32 Å². The lowest BCUT2D eigenvalue weighted by atomic mass is 10.1. The van der Waals surface area contributed by atoms with Gasteiger partial charge in [0.15, 0.2) is 0 Å². The number of halogens is 4. The summed E-state index contributed by atoms with van der Waals surface area (Å²) in [5.41, 5.74) is 1.33. The molecule has 104 valence electrons. The molecule has 0 bridgehead atoms. The molecule has 1 unspecified atom stereocenters. The number of rotatable bonds is 3. The van der Waals surface area contributed by atoms with Crippen LogP contribution in [0.3, 0.4) is 0 Å². The maximum absolute atomic E-state index is 12.5. The first-order valence-corrected chi connectivity index (χ1v) is 6.48. The SMILES string of the molecule is CC1=CCC(NCc2ccc(C(F)(F)F)cc2Cl)C1. The van der Waals surface area contributed by atoms with Gasteiger partial charge in [-0.1, -0.05) is 29.3 Å². The van der Waals surface area contributed by atoms with Gasteiger partial charge in [-0.25, -0.2) is 0 Å². The van der Waals surface area contributed by atoms with Crippen LogP contribution in [0.25, 0.3) is 0 Å². The fourth-order valence-electron chi connectivity index (χ4n) is 2.18. The first kappa shape index (κ1) is 14.4. The highest BCUT2D eigenvalue weighted by Gasteiger charge is 2.30. The van der Waals surface area contributed by atoms with E-state index in [-0.39, 0.29) is 5.02 Å². The molecule has 0 saturated heterocycles. The number of hydrogen-bond donors (Lipinski definition) is 1. The van der Waals surface area contributed by atoms with E-state index in [0.717, 1.165) is 25.0 Å². The van der Waals surface area contributed by atoms with E-state index in [1.165, 1.54) is 11.6 Å². The topological polar surface area (TPSA) is 12.0 Å². The molecule has 1 aliphatic rings. The van der Waals surface area contributed by atoms with E-state index < -0.39 is 11.7 Å². The van der Waals surface area contributed by atoms with Crippen molar-refractivity contribution in [2.45, 2.75) is 38.5 Å². The molecule has 1 N–H and O–H groups in total. The molecular weight excluding hydrogens is 275 g/mol. The van der Waals surface area contributed by atoms with E-state index in [0.29, 0.717) is 18.2 Å². The Labute approximate surface area is 115 Å². The summed E-state index contributed by atoms with van der Waals surface area (Å²) in [7, 11) is 0. The summed E-state index contributed by atoms with van der Waals surface area (Å²) >= 11 is 5.90. The summed E-state index contributed by atoms with van der Waals surface area (Å²) in [6.07, 6.45) is -0.226. The number of alkyl halides is 3. The van der Waals surface area contributed by atoms with Crippen LogP contribution < -0.4 is 5.32 Å². The van der Waals surface area contributed by atoms with Crippen LogP contribution in [0.15, 0.2) is 29.8 Å². The van der Waals surface area contributed by atoms with Gasteiger partial charge in [0.1, 0.15) is 0 Å². The molecule has 0 spiro atoms. The Balaban J connectivity index is 1.98. The summed E-state index contributed by atoms with van der Waals surface area (Å²) in [6, 6.07) is 3.85. The molecule has 1 atom stereocenters.